The first kappa shape index (κ1) is 11.7. The van der Waals surface area contributed by atoms with Crippen LogP contribution in [0.5, 0.6) is 0 Å². The van der Waals surface area contributed by atoms with Crippen LogP contribution in [0, 0.1) is 12.3 Å². The minimum Gasteiger partial charge on any atom is -0.383 e. The summed E-state index contributed by atoms with van der Waals surface area (Å²) in [4.78, 5) is 2.45. The highest BCUT2D eigenvalue weighted by Crippen LogP contribution is 2.38. The van der Waals surface area contributed by atoms with E-state index in [9.17, 15) is 0 Å². The molecule has 0 aromatic carbocycles. The number of nitrogens with two attached hydrogens (primary N) is 1. The Bertz CT molecular complexity index is 364. The summed E-state index contributed by atoms with van der Waals surface area (Å²) in [5.74, 6) is 0.698. The van der Waals surface area contributed by atoms with Gasteiger partial charge in [-0.3, -0.25) is 0 Å². The molecule has 0 radical (unpaired) electrons. The summed E-state index contributed by atoms with van der Waals surface area (Å²) in [5.41, 5.74) is 7.50. The van der Waals surface area contributed by atoms with Gasteiger partial charge in [-0.1, -0.05) is 20.3 Å². The number of anilines is 2. The lowest BCUT2D eigenvalue weighted by atomic mass is 9.78. The number of piperidine rings is 1. The Morgan fingerprint density at radius 3 is 2.50 bits per heavy atom. The molecule has 16 heavy (non-hydrogen) atoms. The smallest absolute Gasteiger partial charge is 0.142 e. The van der Waals surface area contributed by atoms with E-state index < -0.39 is 0 Å². The van der Waals surface area contributed by atoms with E-state index in [0.29, 0.717) is 11.2 Å². The highest BCUT2D eigenvalue weighted by Gasteiger charge is 2.29. The maximum Gasteiger partial charge on any atom is 0.142 e. The van der Waals surface area contributed by atoms with Gasteiger partial charge in [0, 0.05) is 18.7 Å². The molecule has 0 atom stereocenters. The topological polar surface area (TPSA) is 42.2 Å². The molecular formula is C12H21N3S. The summed E-state index contributed by atoms with van der Waals surface area (Å²) in [6.07, 6.45) is 3.84. The molecule has 3 nitrogen and oxygen atoms in total. The first-order chi connectivity index (χ1) is 7.56. The standard InChI is InChI=1S/C12H21N3S/c1-4-12(3)5-7-15(8-6-12)11-9(2)10(13)14-16-11/h4-8H2,1-3H3,(H2,13,14). The average molecular weight is 239 g/mol. The van der Waals surface area contributed by atoms with Crippen LogP contribution in [-0.4, -0.2) is 17.5 Å². The lowest BCUT2D eigenvalue weighted by Gasteiger charge is -2.39. The van der Waals surface area contributed by atoms with Gasteiger partial charge >= 0.3 is 0 Å². The van der Waals surface area contributed by atoms with Gasteiger partial charge in [-0.05, 0) is 36.7 Å². The van der Waals surface area contributed by atoms with Crippen LogP contribution in [0.15, 0.2) is 0 Å². The molecule has 1 aromatic heterocycles. The van der Waals surface area contributed by atoms with E-state index >= 15 is 0 Å². The molecule has 0 amide bonds. The summed E-state index contributed by atoms with van der Waals surface area (Å²) >= 11 is 1.54. The third-order valence-electron chi connectivity index (χ3n) is 4.05. The molecule has 0 spiro atoms. The molecule has 90 valence electrons. The van der Waals surface area contributed by atoms with Crippen LogP contribution in [0.2, 0.25) is 0 Å². The van der Waals surface area contributed by atoms with Crippen molar-refractivity contribution in [1.82, 2.24) is 4.37 Å². The zero-order valence-corrected chi connectivity index (χ0v) is 11.2. The molecule has 0 saturated carbocycles. The van der Waals surface area contributed by atoms with Crippen LogP contribution in [0.4, 0.5) is 10.8 Å². The number of hydrogen-bond acceptors (Lipinski definition) is 4. The molecule has 0 unspecified atom stereocenters. The second kappa shape index (κ2) is 4.24. The number of nitrogens with zero attached hydrogens (tertiary/aromatic N) is 2. The molecule has 1 aromatic rings. The van der Waals surface area contributed by atoms with Crippen molar-refractivity contribution < 1.29 is 0 Å². The van der Waals surface area contributed by atoms with Gasteiger partial charge in [-0.25, -0.2) is 0 Å². The van der Waals surface area contributed by atoms with Crippen LogP contribution in [-0.2, 0) is 0 Å². The Kier molecular flexibility index (Phi) is 3.10. The van der Waals surface area contributed by atoms with E-state index in [1.807, 2.05) is 0 Å². The third-order valence-corrected chi connectivity index (χ3v) is 5.07. The first-order valence-electron chi connectivity index (χ1n) is 6.02. The lowest BCUT2D eigenvalue weighted by Crippen LogP contribution is -2.38. The molecular weight excluding hydrogens is 218 g/mol. The Labute approximate surface area is 102 Å². The molecule has 0 aliphatic carbocycles. The second-order valence-corrected chi connectivity index (χ2v) is 5.90. The number of rotatable bonds is 2. The van der Waals surface area contributed by atoms with Crippen molar-refractivity contribution in [1.29, 1.82) is 0 Å². The van der Waals surface area contributed by atoms with Gasteiger partial charge < -0.3 is 10.6 Å². The van der Waals surface area contributed by atoms with Gasteiger partial charge in [0.05, 0.1) is 0 Å². The Hall–Kier alpha value is -0.770. The van der Waals surface area contributed by atoms with Crippen molar-refractivity contribution in [3.8, 4) is 0 Å². The van der Waals surface area contributed by atoms with Crippen molar-refractivity contribution >= 4 is 22.4 Å². The van der Waals surface area contributed by atoms with Crippen LogP contribution < -0.4 is 10.6 Å². The Morgan fingerprint density at radius 2 is 2.06 bits per heavy atom. The molecule has 2 N–H and O–H groups in total. The number of hydrogen-bond donors (Lipinski definition) is 1. The van der Waals surface area contributed by atoms with Gasteiger partial charge in [0.2, 0.25) is 0 Å². The second-order valence-electron chi connectivity index (χ2n) is 5.15. The van der Waals surface area contributed by atoms with Gasteiger partial charge in [-0.2, -0.15) is 4.37 Å². The van der Waals surface area contributed by atoms with E-state index in [0.717, 1.165) is 18.7 Å². The summed E-state index contributed by atoms with van der Waals surface area (Å²) in [5, 5.41) is 1.27. The van der Waals surface area contributed by atoms with E-state index in [4.69, 9.17) is 5.73 Å². The Balaban J connectivity index is 2.07. The number of nitrogen functional groups attached to an aromatic ring is 1. The molecule has 0 bridgehead atoms. The van der Waals surface area contributed by atoms with Crippen LogP contribution in [0.3, 0.4) is 0 Å². The maximum absolute atomic E-state index is 5.80. The molecule has 1 aliphatic heterocycles. The van der Waals surface area contributed by atoms with Crippen LogP contribution in [0.1, 0.15) is 38.7 Å². The quantitative estimate of drug-likeness (QED) is 0.862. The average Bonchev–Trinajstić information content (AvgIpc) is 2.62. The van der Waals surface area contributed by atoms with E-state index in [-0.39, 0.29) is 0 Å². The highest BCUT2D eigenvalue weighted by molar-refractivity contribution is 7.10. The van der Waals surface area contributed by atoms with Gasteiger partial charge in [0.15, 0.2) is 0 Å². The van der Waals surface area contributed by atoms with Crippen LogP contribution >= 0.6 is 11.5 Å². The fourth-order valence-corrected chi connectivity index (χ4v) is 3.10. The maximum atomic E-state index is 5.80. The minimum absolute atomic E-state index is 0.542. The predicted octanol–water partition coefficient (Wildman–Crippen LogP) is 3.05. The lowest BCUT2D eigenvalue weighted by molar-refractivity contribution is 0.238. The largest absolute Gasteiger partial charge is 0.383 e. The Morgan fingerprint density at radius 1 is 1.44 bits per heavy atom. The third kappa shape index (κ3) is 2.03. The zero-order valence-electron chi connectivity index (χ0n) is 10.4. The molecule has 1 saturated heterocycles. The monoisotopic (exact) mass is 239 g/mol. The van der Waals surface area contributed by atoms with Crippen molar-refractivity contribution in [2.24, 2.45) is 5.41 Å². The zero-order chi connectivity index (χ0) is 11.8. The fraction of sp³-hybridized carbons (Fsp3) is 0.750. The number of aromatic nitrogens is 1. The van der Waals surface area contributed by atoms with E-state index in [1.54, 1.807) is 11.5 Å². The van der Waals surface area contributed by atoms with Crippen molar-refractivity contribution in [3.63, 3.8) is 0 Å². The minimum atomic E-state index is 0.542. The molecule has 1 aliphatic rings. The summed E-state index contributed by atoms with van der Waals surface area (Å²) in [6, 6.07) is 0. The van der Waals surface area contributed by atoms with E-state index in [2.05, 4.69) is 30.0 Å². The molecule has 2 rings (SSSR count). The van der Waals surface area contributed by atoms with Crippen molar-refractivity contribution in [2.45, 2.75) is 40.0 Å². The summed E-state index contributed by atoms with van der Waals surface area (Å²) < 4.78 is 4.23. The predicted molar refractivity (Wildman–Crippen MR) is 71.1 cm³/mol. The van der Waals surface area contributed by atoms with Gasteiger partial charge in [0.1, 0.15) is 10.8 Å². The SMILES string of the molecule is CCC1(C)CCN(c2snc(N)c2C)CC1. The first-order valence-corrected chi connectivity index (χ1v) is 6.80. The normalized spacial score (nSPS) is 20.1. The molecule has 2 heterocycles. The highest BCUT2D eigenvalue weighted by atomic mass is 32.1. The van der Waals surface area contributed by atoms with Crippen molar-refractivity contribution in [2.75, 3.05) is 23.7 Å². The summed E-state index contributed by atoms with van der Waals surface area (Å²) in [6.45, 7) is 9.06. The summed E-state index contributed by atoms with van der Waals surface area (Å²) in [7, 11) is 0. The fourth-order valence-electron chi connectivity index (χ4n) is 2.24. The molecule has 4 heteroatoms. The molecule has 1 fully saturated rings. The van der Waals surface area contributed by atoms with Gasteiger partial charge in [0.25, 0.3) is 0 Å². The van der Waals surface area contributed by atoms with E-state index in [1.165, 1.54) is 24.3 Å². The van der Waals surface area contributed by atoms with Gasteiger partial charge in [-0.15, -0.1) is 0 Å². The van der Waals surface area contributed by atoms with Crippen LogP contribution in [0.25, 0.3) is 0 Å². The van der Waals surface area contributed by atoms with Crippen molar-refractivity contribution in [3.05, 3.63) is 5.56 Å².